The van der Waals surface area contributed by atoms with Gasteiger partial charge in [0.2, 0.25) is 0 Å². The Bertz CT molecular complexity index is 594. The first-order valence-electron chi connectivity index (χ1n) is 9.01. The number of piperidine rings is 2. The van der Waals surface area contributed by atoms with Crippen LogP contribution in [0, 0.1) is 24.2 Å². The van der Waals surface area contributed by atoms with Gasteiger partial charge in [-0.25, -0.2) is 0 Å². The van der Waals surface area contributed by atoms with Crippen molar-refractivity contribution in [3.63, 3.8) is 0 Å². The van der Waals surface area contributed by atoms with Gasteiger partial charge in [-0.05, 0) is 36.8 Å². The molecule has 6 heteroatoms. The Morgan fingerprint density at radius 1 is 1.19 bits per heavy atom. The van der Waals surface area contributed by atoms with Gasteiger partial charge in [0.05, 0.1) is 11.6 Å². The van der Waals surface area contributed by atoms with Crippen LogP contribution in [-0.4, -0.2) is 48.2 Å². The fourth-order valence-corrected chi connectivity index (χ4v) is 3.07. The largest absolute Gasteiger partial charge is 0.662 e. The van der Waals surface area contributed by atoms with Crippen molar-refractivity contribution in [1.82, 2.24) is 5.06 Å². The average molecular weight is 431 g/mol. The molecule has 1 radical (unpaired) electrons. The molecule has 3 rings (SSSR count). The monoisotopic (exact) mass is 431 g/mol. The van der Waals surface area contributed by atoms with Crippen LogP contribution in [0.15, 0.2) is 29.8 Å². The van der Waals surface area contributed by atoms with Gasteiger partial charge in [-0.2, -0.15) is 10.3 Å². The van der Waals surface area contributed by atoms with Crippen LogP contribution in [0.25, 0.3) is 10.9 Å². The van der Waals surface area contributed by atoms with Crippen molar-refractivity contribution in [3.05, 3.63) is 46.3 Å². The maximum Gasteiger partial charge on any atom is 0.0997 e. The van der Waals surface area contributed by atoms with Crippen LogP contribution in [0.5, 0.6) is 0 Å². The quantitative estimate of drug-likeness (QED) is 0.703. The first-order chi connectivity index (χ1) is 12.1. The number of nitrogens with zero attached hydrogens (tertiary/aromatic N) is 3. The first kappa shape index (κ1) is 23.4. The number of nitriles is 1. The number of aryl methyl sites for hydroxylation is 1. The molecule has 0 bridgehead atoms. The molecule has 2 N–H and O–H groups in total. The molecule has 0 amide bonds. The molecule has 0 aromatic heterocycles. The maximum atomic E-state index is 9.32. The zero-order chi connectivity index (χ0) is 18.1. The summed E-state index contributed by atoms with van der Waals surface area (Å²) in [5, 5.41) is 32.7. The van der Waals surface area contributed by atoms with Crippen molar-refractivity contribution in [2.45, 2.75) is 32.6 Å². The third-order valence-electron chi connectivity index (χ3n) is 4.80. The molecular weight excluding hydrogens is 403 g/mol. The summed E-state index contributed by atoms with van der Waals surface area (Å²) in [6.45, 7) is 5.55. The Hall–Kier alpha value is -0.606. The van der Waals surface area contributed by atoms with Gasteiger partial charge >= 0.3 is 0 Å². The second kappa shape index (κ2) is 12.7. The second-order valence-electron chi connectivity index (χ2n) is 6.71. The van der Waals surface area contributed by atoms with E-state index >= 15 is 0 Å². The minimum absolute atomic E-state index is 0. The van der Waals surface area contributed by atoms with Gasteiger partial charge in [0.1, 0.15) is 0 Å². The van der Waals surface area contributed by atoms with E-state index in [0.717, 1.165) is 55.5 Å². The molecule has 2 saturated heterocycles. The molecule has 139 valence electrons. The third kappa shape index (κ3) is 7.56. The molecule has 0 spiro atoms. The van der Waals surface area contributed by atoms with E-state index in [4.69, 9.17) is 5.11 Å². The van der Waals surface area contributed by atoms with Crippen LogP contribution >= 0.6 is 0 Å². The molecule has 26 heavy (non-hydrogen) atoms. The van der Waals surface area contributed by atoms with E-state index in [-0.39, 0.29) is 32.7 Å². The topological polar surface area (TPSA) is 81.6 Å². The van der Waals surface area contributed by atoms with Crippen LogP contribution in [0.4, 0.5) is 0 Å². The van der Waals surface area contributed by atoms with E-state index in [1.54, 1.807) is 0 Å². The molecule has 2 aliphatic heterocycles. The molecular formula is C20H28N3O2Y-. The van der Waals surface area contributed by atoms with E-state index in [2.05, 4.69) is 11.4 Å². The average Bonchev–Trinajstić information content (AvgIpc) is 2.66. The van der Waals surface area contributed by atoms with Crippen LogP contribution in [0.3, 0.4) is 0 Å². The molecule has 1 aromatic carbocycles. The number of hydrogen-bond donors (Lipinski definition) is 2. The zero-order valence-electron chi connectivity index (χ0n) is 15.6. The normalized spacial score (nSPS) is 18.2. The van der Waals surface area contributed by atoms with Crippen LogP contribution in [0.2, 0.25) is 0 Å². The summed E-state index contributed by atoms with van der Waals surface area (Å²) in [4.78, 5) is 0. The molecule has 0 unspecified atom stereocenters. The summed E-state index contributed by atoms with van der Waals surface area (Å²) >= 11 is 0. The Kier molecular flexibility index (Phi) is 11.5. The van der Waals surface area contributed by atoms with E-state index < -0.39 is 0 Å². The van der Waals surface area contributed by atoms with Crippen LogP contribution in [0.1, 0.15) is 36.8 Å². The molecule has 2 fully saturated rings. The maximum absolute atomic E-state index is 9.32. The second-order valence-corrected chi connectivity index (χ2v) is 6.71. The van der Waals surface area contributed by atoms with Crippen molar-refractivity contribution in [1.29, 1.82) is 5.26 Å². The van der Waals surface area contributed by atoms with E-state index in [9.17, 15) is 10.5 Å². The molecule has 0 atom stereocenters. The molecule has 2 heterocycles. The van der Waals surface area contributed by atoms with Crippen molar-refractivity contribution in [2.75, 3.05) is 32.8 Å². The van der Waals surface area contributed by atoms with Crippen LogP contribution in [-0.2, 0) is 32.7 Å². The first-order valence-corrected chi connectivity index (χ1v) is 9.01. The third-order valence-corrected chi connectivity index (χ3v) is 4.80. The van der Waals surface area contributed by atoms with E-state index in [1.807, 2.05) is 31.2 Å². The van der Waals surface area contributed by atoms with Gasteiger partial charge in [0.15, 0.2) is 0 Å². The van der Waals surface area contributed by atoms with Crippen LogP contribution < -0.4 is 0 Å². The zero-order valence-corrected chi connectivity index (χ0v) is 18.4. The summed E-state index contributed by atoms with van der Waals surface area (Å²) in [6.07, 6.45) is 3.73. The smallest absolute Gasteiger partial charge is 0.0997 e. The summed E-state index contributed by atoms with van der Waals surface area (Å²) in [6, 6.07) is 10.3. The number of rotatable bonds is 2. The number of hydrogen-bond acceptors (Lipinski definition) is 4. The number of aliphatic hydroxyl groups excluding tert-OH is 1. The standard InChI is InChI=1S/C14H16N2O.C6H12NO.Y/c1-11-2-4-12(5-3-11)14(10-15)13-6-8-16(17)9-7-13;8-5-6-1-3-7-4-2-6;/h2-5,17H,6-9H2,1H3;6,8H,1-5H2;/q;-1;. The molecule has 1 aromatic rings. The SMILES string of the molecule is Cc1ccc(C(C#N)=C2CCN(O)CC2)cc1.OCC1CC[N-]CC1.[Y]. The molecule has 2 aliphatic rings. The van der Waals surface area contributed by atoms with Gasteiger partial charge in [-0.1, -0.05) is 42.7 Å². The Morgan fingerprint density at radius 2 is 1.77 bits per heavy atom. The number of benzene rings is 1. The summed E-state index contributed by atoms with van der Waals surface area (Å²) in [5.74, 6) is 0.549. The molecule has 0 saturated carbocycles. The Labute approximate surface area is 181 Å². The van der Waals surface area contributed by atoms with Gasteiger partial charge in [0, 0.05) is 52.4 Å². The fraction of sp³-hybridized carbons (Fsp3) is 0.550. The molecule has 0 aliphatic carbocycles. The van der Waals surface area contributed by atoms with Crippen molar-refractivity contribution in [2.24, 2.45) is 5.92 Å². The Morgan fingerprint density at radius 3 is 2.23 bits per heavy atom. The predicted molar refractivity (Wildman–Crippen MR) is 99.2 cm³/mol. The minimum Gasteiger partial charge on any atom is -0.662 e. The van der Waals surface area contributed by atoms with Gasteiger partial charge in [0.25, 0.3) is 0 Å². The number of aliphatic hydroxyl groups is 1. The minimum atomic E-state index is 0. The van der Waals surface area contributed by atoms with Crippen molar-refractivity contribution < 1.29 is 43.0 Å². The molecule has 5 nitrogen and oxygen atoms in total. The number of hydroxylamine groups is 2. The summed E-state index contributed by atoms with van der Waals surface area (Å²) in [7, 11) is 0. The van der Waals surface area contributed by atoms with Gasteiger partial charge in [-0.3, -0.25) is 0 Å². The van der Waals surface area contributed by atoms with Gasteiger partial charge in [-0.15, -0.1) is 13.1 Å². The summed E-state index contributed by atoms with van der Waals surface area (Å²) in [5.41, 5.74) is 4.11. The van der Waals surface area contributed by atoms with E-state index in [0.29, 0.717) is 25.6 Å². The van der Waals surface area contributed by atoms with E-state index in [1.165, 1.54) is 10.6 Å². The van der Waals surface area contributed by atoms with Crippen molar-refractivity contribution >= 4 is 5.57 Å². The summed E-state index contributed by atoms with van der Waals surface area (Å²) < 4.78 is 0. The van der Waals surface area contributed by atoms with Gasteiger partial charge < -0.3 is 15.6 Å². The fourth-order valence-electron chi connectivity index (χ4n) is 3.07. The Balaban J connectivity index is 0.000000318. The predicted octanol–water partition coefficient (Wildman–Crippen LogP) is 3.52. The van der Waals surface area contributed by atoms with Crippen molar-refractivity contribution in [3.8, 4) is 6.07 Å². The number of allylic oxidation sites excluding steroid dienone is 1.